The number of aryl methyl sites for hydroxylation is 1. The van der Waals surface area contributed by atoms with Gasteiger partial charge in [-0.15, -0.1) is 22.7 Å². The first-order chi connectivity index (χ1) is 14.5. The highest BCUT2D eigenvalue weighted by Crippen LogP contribution is 2.26. The molecule has 0 saturated heterocycles. The van der Waals surface area contributed by atoms with Crippen LogP contribution in [0.2, 0.25) is 0 Å². The Balaban J connectivity index is 1.39. The number of aromatic nitrogens is 3. The molecule has 0 aliphatic rings. The van der Waals surface area contributed by atoms with Crippen LogP contribution < -0.4 is 10.9 Å². The average molecular weight is 457 g/mol. The minimum Gasteiger partial charge on any atom is -0.301 e. The maximum absolute atomic E-state index is 12.4. The third kappa shape index (κ3) is 4.48. The maximum atomic E-state index is 12.4. The van der Waals surface area contributed by atoms with Crippen molar-refractivity contribution in [2.75, 3.05) is 11.1 Å². The number of amides is 1. The zero-order valence-corrected chi connectivity index (χ0v) is 19.0. The summed E-state index contributed by atoms with van der Waals surface area (Å²) in [6.07, 6.45) is 2.19. The van der Waals surface area contributed by atoms with Crippen molar-refractivity contribution in [2.24, 2.45) is 7.05 Å². The molecule has 9 heteroatoms. The molecule has 154 valence electrons. The van der Waals surface area contributed by atoms with Crippen molar-refractivity contribution >= 4 is 55.7 Å². The molecule has 1 N–H and O–H groups in total. The number of anilines is 1. The van der Waals surface area contributed by atoms with E-state index in [0.29, 0.717) is 20.5 Å². The molecule has 4 rings (SSSR count). The molecule has 0 spiro atoms. The molecule has 0 radical (unpaired) electrons. The van der Waals surface area contributed by atoms with E-state index in [9.17, 15) is 9.59 Å². The molecule has 0 unspecified atom stereocenters. The second-order valence-electron chi connectivity index (χ2n) is 6.72. The lowest BCUT2D eigenvalue weighted by atomic mass is 10.1. The summed E-state index contributed by atoms with van der Waals surface area (Å²) in [6, 6.07) is 10.1. The van der Waals surface area contributed by atoms with Crippen molar-refractivity contribution in [3.05, 3.63) is 57.0 Å². The number of benzene rings is 1. The monoisotopic (exact) mass is 456 g/mol. The lowest BCUT2D eigenvalue weighted by Gasteiger charge is -2.06. The fourth-order valence-corrected chi connectivity index (χ4v) is 5.30. The molecular formula is C21H20N4O2S3. The Labute approximate surface area is 186 Å². The van der Waals surface area contributed by atoms with E-state index >= 15 is 0 Å². The number of carbonyl (C=O) groups is 1. The molecule has 3 aromatic heterocycles. The first kappa shape index (κ1) is 20.8. The highest BCUT2D eigenvalue weighted by Gasteiger charge is 2.13. The summed E-state index contributed by atoms with van der Waals surface area (Å²) in [5.41, 5.74) is 3.09. The van der Waals surface area contributed by atoms with Crippen LogP contribution in [-0.2, 0) is 18.3 Å². The van der Waals surface area contributed by atoms with Crippen molar-refractivity contribution < 1.29 is 4.79 Å². The van der Waals surface area contributed by atoms with Gasteiger partial charge >= 0.3 is 0 Å². The highest BCUT2D eigenvalue weighted by molar-refractivity contribution is 7.99. The molecule has 30 heavy (non-hydrogen) atoms. The number of thiophene rings is 1. The second-order valence-corrected chi connectivity index (χ2v) is 9.41. The molecule has 1 aromatic carbocycles. The Morgan fingerprint density at radius 1 is 1.17 bits per heavy atom. The van der Waals surface area contributed by atoms with Crippen LogP contribution in [0.5, 0.6) is 0 Å². The molecule has 4 aromatic rings. The van der Waals surface area contributed by atoms with Crippen LogP contribution in [0.15, 0.2) is 51.0 Å². The summed E-state index contributed by atoms with van der Waals surface area (Å²) in [5, 5.41) is 8.31. The first-order valence-electron chi connectivity index (χ1n) is 9.47. The van der Waals surface area contributed by atoms with Gasteiger partial charge in [0.05, 0.1) is 16.8 Å². The van der Waals surface area contributed by atoms with E-state index in [0.717, 1.165) is 24.1 Å². The zero-order valence-electron chi connectivity index (χ0n) is 16.5. The molecule has 0 atom stereocenters. The highest BCUT2D eigenvalue weighted by atomic mass is 32.2. The van der Waals surface area contributed by atoms with Gasteiger partial charge in [-0.05, 0) is 23.4 Å². The number of nitrogens with zero attached hydrogens (tertiary/aromatic N) is 3. The van der Waals surface area contributed by atoms with Gasteiger partial charge in [-0.3, -0.25) is 14.2 Å². The van der Waals surface area contributed by atoms with Gasteiger partial charge in [0, 0.05) is 18.0 Å². The summed E-state index contributed by atoms with van der Waals surface area (Å²) in [4.78, 5) is 34.4. The quantitative estimate of drug-likeness (QED) is 0.319. The number of carbonyl (C=O) groups excluding carboxylic acids is 1. The maximum Gasteiger partial charge on any atom is 0.262 e. The van der Waals surface area contributed by atoms with Crippen LogP contribution >= 0.6 is 34.4 Å². The van der Waals surface area contributed by atoms with Crippen LogP contribution in [-0.4, -0.2) is 26.2 Å². The third-order valence-electron chi connectivity index (χ3n) is 4.54. The molecule has 3 heterocycles. The topological polar surface area (TPSA) is 76.9 Å². The van der Waals surface area contributed by atoms with Gasteiger partial charge in [0.15, 0.2) is 10.3 Å². The zero-order chi connectivity index (χ0) is 21.1. The van der Waals surface area contributed by atoms with Crippen LogP contribution in [0.1, 0.15) is 18.9 Å². The molecular weight excluding hydrogens is 436 g/mol. The molecule has 0 fully saturated rings. The Bertz CT molecular complexity index is 1240. The molecule has 0 aliphatic carbocycles. The number of hydrogen-bond acceptors (Lipinski definition) is 7. The smallest absolute Gasteiger partial charge is 0.262 e. The summed E-state index contributed by atoms with van der Waals surface area (Å²) < 4.78 is 1.48. The number of rotatable bonds is 7. The van der Waals surface area contributed by atoms with Crippen molar-refractivity contribution in [1.82, 2.24) is 14.5 Å². The van der Waals surface area contributed by atoms with Crippen molar-refractivity contribution in [3.63, 3.8) is 0 Å². The molecule has 1 amide bonds. The van der Waals surface area contributed by atoms with Gasteiger partial charge < -0.3 is 5.32 Å². The standard InChI is InChI=1S/C21H20N4O2S3/c1-3-4-13-5-7-14(8-6-13)16-11-29-20(22-16)23-17(26)12-30-21-24-18-15(9-10-28-18)19(27)25(21)2/h5-11H,3-4,12H2,1-2H3,(H,22,23,26). The second kappa shape index (κ2) is 9.11. The number of hydrogen-bond donors (Lipinski definition) is 1. The van der Waals surface area contributed by atoms with Crippen LogP contribution in [0.4, 0.5) is 5.13 Å². The van der Waals surface area contributed by atoms with Crippen molar-refractivity contribution in [2.45, 2.75) is 24.9 Å². The lowest BCUT2D eigenvalue weighted by Crippen LogP contribution is -2.20. The number of thiazole rings is 1. The number of nitrogens with one attached hydrogen (secondary N) is 1. The molecule has 0 aliphatic heterocycles. The molecule has 0 bridgehead atoms. The van der Waals surface area contributed by atoms with E-state index in [1.54, 1.807) is 13.1 Å². The van der Waals surface area contributed by atoms with E-state index in [2.05, 4.69) is 46.5 Å². The van der Waals surface area contributed by atoms with Gasteiger partial charge in [-0.2, -0.15) is 0 Å². The summed E-state index contributed by atoms with van der Waals surface area (Å²) in [6.45, 7) is 2.16. The van der Waals surface area contributed by atoms with E-state index in [1.807, 2.05) is 10.8 Å². The van der Waals surface area contributed by atoms with E-state index < -0.39 is 0 Å². The lowest BCUT2D eigenvalue weighted by molar-refractivity contribution is -0.113. The fraction of sp³-hybridized carbons (Fsp3) is 0.238. The summed E-state index contributed by atoms with van der Waals surface area (Å²) >= 11 is 4.05. The summed E-state index contributed by atoms with van der Waals surface area (Å²) in [5.74, 6) is -0.0302. The van der Waals surface area contributed by atoms with E-state index in [-0.39, 0.29) is 17.2 Å². The van der Waals surface area contributed by atoms with E-state index in [4.69, 9.17) is 0 Å². The molecule has 6 nitrogen and oxygen atoms in total. The SMILES string of the molecule is CCCc1ccc(-c2csc(NC(=O)CSc3nc4sccc4c(=O)n3C)n2)cc1. The minimum atomic E-state index is -0.181. The molecule has 0 saturated carbocycles. The Morgan fingerprint density at radius 2 is 1.97 bits per heavy atom. The largest absolute Gasteiger partial charge is 0.301 e. The van der Waals surface area contributed by atoms with E-state index in [1.165, 1.54) is 44.6 Å². The predicted octanol–water partition coefficient (Wildman–Crippen LogP) is 4.80. The van der Waals surface area contributed by atoms with Crippen molar-refractivity contribution in [3.8, 4) is 11.3 Å². The summed E-state index contributed by atoms with van der Waals surface area (Å²) in [7, 11) is 1.67. The van der Waals surface area contributed by atoms with Gasteiger partial charge in [-0.1, -0.05) is 49.4 Å². The van der Waals surface area contributed by atoms with Gasteiger partial charge in [0.2, 0.25) is 5.91 Å². The average Bonchev–Trinajstić information content (AvgIpc) is 3.40. The predicted molar refractivity (Wildman–Crippen MR) is 126 cm³/mol. The Morgan fingerprint density at radius 3 is 2.73 bits per heavy atom. The van der Waals surface area contributed by atoms with Crippen LogP contribution in [0.3, 0.4) is 0 Å². The minimum absolute atomic E-state index is 0.0984. The fourth-order valence-electron chi connectivity index (χ4n) is 2.99. The van der Waals surface area contributed by atoms with Gasteiger partial charge in [0.25, 0.3) is 5.56 Å². The number of thioether (sulfide) groups is 1. The Hall–Kier alpha value is -2.49. The number of fused-ring (bicyclic) bond motifs is 1. The third-order valence-corrected chi connectivity index (χ3v) is 7.13. The normalized spacial score (nSPS) is 11.1. The first-order valence-corrected chi connectivity index (χ1v) is 12.2. The van der Waals surface area contributed by atoms with Crippen molar-refractivity contribution in [1.29, 1.82) is 0 Å². The Kier molecular flexibility index (Phi) is 6.31. The van der Waals surface area contributed by atoms with Gasteiger partial charge in [0.1, 0.15) is 4.83 Å². The van der Waals surface area contributed by atoms with Gasteiger partial charge in [-0.25, -0.2) is 9.97 Å². The van der Waals surface area contributed by atoms with Crippen LogP contribution in [0, 0.1) is 0 Å². The van der Waals surface area contributed by atoms with Crippen LogP contribution in [0.25, 0.3) is 21.5 Å².